The molecule has 6 heteroatoms. The third-order valence-corrected chi connectivity index (χ3v) is 3.93. The first-order chi connectivity index (χ1) is 11.8. The molecular weight excluding hydrogens is 333 g/mol. The normalized spacial score (nSPS) is 11.5. The van der Waals surface area contributed by atoms with E-state index >= 15 is 0 Å². The second-order valence-electron chi connectivity index (χ2n) is 5.49. The topological polar surface area (TPSA) is 46.5 Å². The molecule has 0 amide bonds. The monoisotopic (exact) mass is 346 g/mol. The van der Waals surface area contributed by atoms with E-state index in [-0.39, 0.29) is 5.56 Å². The van der Waals surface area contributed by atoms with E-state index in [1.807, 2.05) is 0 Å². The van der Waals surface area contributed by atoms with E-state index in [1.165, 1.54) is 31.4 Å². The molecule has 0 aliphatic carbocycles. The number of halogens is 3. The first-order valence-corrected chi connectivity index (χ1v) is 7.32. The zero-order valence-electron chi connectivity index (χ0n) is 13.1. The van der Waals surface area contributed by atoms with Crippen LogP contribution >= 0.6 is 0 Å². The van der Waals surface area contributed by atoms with Gasteiger partial charge in [-0.1, -0.05) is 18.2 Å². The smallest absolute Gasteiger partial charge is 0.416 e. The minimum Gasteiger partial charge on any atom is -0.497 e. The fourth-order valence-corrected chi connectivity index (χ4v) is 2.67. The number of aromatic carboxylic acids is 1. The average Bonchev–Trinajstić information content (AvgIpc) is 2.59. The van der Waals surface area contributed by atoms with E-state index in [0.717, 1.165) is 17.5 Å². The molecule has 0 saturated carbocycles. The highest BCUT2D eigenvalue weighted by atomic mass is 19.4. The molecule has 3 nitrogen and oxygen atoms in total. The molecule has 0 saturated heterocycles. The Morgan fingerprint density at radius 1 is 1.00 bits per heavy atom. The van der Waals surface area contributed by atoms with Gasteiger partial charge in [0.05, 0.1) is 18.2 Å². The van der Waals surface area contributed by atoms with Crippen molar-refractivity contribution in [2.75, 3.05) is 7.11 Å². The summed E-state index contributed by atoms with van der Waals surface area (Å²) in [6, 6.07) is 12.8. The summed E-state index contributed by atoms with van der Waals surface area (Å²) in [5, 5.41) is 10.5. The van der Waals surface area contributed by atoms with Crippen LogP contribution in [0.15, 0.2) is 54.6 Å². The lowest BCUT2D eigenvalue weighted by molar-refractivity contribution is -0.137. The maximum atomic E-state index is 12.7. The molecule has 0 radical (unpaired) electrons. The van der Waals surface area contributed by atoms with Crippen molar-refractivity contribution in [2.45, 2.75) is 6.18 Å². The molecule has 0 atom stereocenters. The van der Waals surface area contributed by atoms with Crippen molar-refractivity contribution in [1.82, 2.24) is 0 Å². The van der Waals surface area contributed by atoms with Crippen LogP contribution in [0.5, 0.6) is 5.75 Å². The van der Waals surface area contributed by atoms with E-state index in [0.29, 0.717) is 22.3 Å². The molecule has 0 heterocycles. The number of rotatable bonds is 3. The van der Waals surface area contributed by atoms with Gasteiger partial charge in [-0.3, -0.25) is 0 Å². The quantitative estimate of drug-likeness (QED) is 0.706. The number of hydrogen-bond acceptors (Lipinski definition) is 2. The number of ether oxygens (including phenoxy) is 1. The lowest BCUT2D eigenvalue weighted by Gasteiger charge is -2.12. The Morgan fingerprint density at radius 2 is 1.68 bits per heavy atom. The number of carbonyl (C=O) groups is 1. The van der Waals surface area contributed by atoms with Crippen molar-refractivity contribution >= 4 is 16.7 Å². The van der Waals surface area contributed by atoms with Gasteiger partial charge in [-0.15, -0.1) is 0 Å². The number of alkyl halides is 3. The highest BCUT2D eigenvalue weighted by Gasteiger charge is 2.30. The minimum absolute atomic E-state index is 0.124. The Hall–Kier alpha value is -3.02. The Kier molecular flexibility index (Phi) is 4.12. The summed E-state index contributed by atoms with van der Waals surface area (Å²) in [6.07, 6.45) is -4.40. The standard InChI is InChI=1S/C19H13F3O3/c1-25-15-9-13-8-12(18(23)24)4-7-16(13)17(10-15)11-2-5-14(6-3-11)19(20,21)22/h2-10H,1H3,(H,23,24). The van der Waals surface area contributed by atoms with Gasteiger partial charge in [0, 0.05) is 0 Å². The largest absolute Gasteiger partial charge is 0.497 e. The summed E-state index contributed by atoms with van der Waals surface area (Å²) >= 11 is 0. The zero-order valence-corrected chi connectivity index (χ0v) is 13.1. The van der Waals surface area contributed by atoms with E-state index < -0.39 is 17.7 Å². The number of fused-ring (bicyclic) bond motifs is 1. The summed E-state index contributed by atoms with van der Waals surface area (Å²) in [5.41, 5.74) is 0.649. The second-order valence-corrected chi connectivity index (χ2v) is 5.49. The Balaban J connectivity index is 2.19. The van der Waals surface area contributed by atoms with Gasteiger partial charge in [-0.2, -0.15) is 13.2 Å². The SMILES string of the molecule is COc1cc(-c2ccc(C(F)(F)F)cc2)c2ccc(C(=O)O)cc2c1. The molecule has 3 aromatic carbocycles. The third kappa shape index (κ3) is 3.28. The van der Waals surface area contributed by atoms with Crippen LogP contribution in [0.3, 0.4) is 0 Å². The number of methoxy groups -OCH3 is 1. The molecule has 0 aromatic heterocycles. The number of carboxylic acid groups (broad SMARTS) is 1. The van der Waals surface area contributed by atoms with E-state index in [1.54, 1.807) is 18.2 Å². The van der Waals surface area contributed by atoms with Crippen LogP contribution in [0.25, 0.3) is 21.9 Å². The van der Waals surface area contributed by atoms with Crippen LogP contribution in [0, 0.1) is 0 Å². The molecule has 25 heavy (non-hydrogen) atoms. The minimum atomic E-state index is -4.40. The van der Waals surface area contributed by atoms with Gasteiger partial charge < -0.3 is 9.84 Å². The van der Waals surface area contributed by atoms with Crippen LogP contribution in [0.2, 0.25) is 0 Å². The molecule has 1 N–H and O–H groups in total. The van der Waals surface area contributed by atoms with E-state index in [2.05, 4.69) is 0 Å². The van der Waals surface area contributed by atoms with Crippen LogP contribution in [-0.2, 0) is 6.18 Å². The highest BCUT2D eigenvalue weighted by Crippen LogP contribution is 2.36. The molecule has 0 spiro atoms. The van der Waals surface area contributed by atoms with Crippen LogP contribution in [0.1, 0.15) is 15.9 Å². The van der Waals surface area contributed by atoms with Gasteiger partial charge in [-0.05, 0) is 58.3 Å². The second kappa shape index (κ2) is 6.12. The molecule has 3 rings (SSSR count). The first-order valence-electron chi connectivity index (χ1n) is 7.32. The first kappa shape index (κ1) is 16.8. The van der Waals surface area contributed by atoms with Gasteiger partial charge in [0.15, 0.2) is 0 Å². The lowest BCUT2D eigenvalue weighted by atomic mass is 9.96. The molecule has 0 bridgehead atoms. The number of benzene rings is 3. The molecule has 128 valence electrons. The third-order valence-electron chi connectivity index (χ3n) is 3.93. The van der Waals surface area contributed by atoms with Crippen molar-refractivity contribution < 1.29 is 27.8 Å². The Labute approximate surface area is 141 Å². The van der Waals surface area contributed by atoms with Gasteiger partial charge in [-0.25, -0.2) is 4.79 Å². The fourth-order valence-electron chi connectivity index (χ4n) is 2.67. The fraction of sp³-hybridized carbons (Fsp3) is 0.105. The van der Waals surface area contributed by atoms with Crippen LogP contribution in [-0.4, -0.2) is 18.2 Å². The van der Waals surface area contributed by atoms with Crippen LogP contribution < -0.4 is 4.74 Å². The maximum absolute atomic E-state index is 12.7. The average molecular weight is 346 g/mol. The van der Waals surface area contributed by atoms with Gasteiger partial charge in [0.25, 0.3) is 0 Å². The summed E-state index contributed by atoms with van der Waals surface area (Å²) < 4.78 is 43.4. The van der Waals surface area contributed by atoms with E-state index in [9.17, 15) is 18.0 Å². The Morgan fingerprint density at radius 3 is 2.24 bits per heavy atom. The van der Waals surface area contributed by atoms with Gasteiger partial charge >= 0.3 is 12.1 Å². The van der Waals surface area contributed by atoms with Crippen molar-refractivity contribution in [1.29, 1.82) is 0 Å². The highest BCUT2D eigenvalue weighted by molar-refractivity contribution is 6.01. The van der Waals surface area contributed by atoms with Gasteiger partial charge in [0.2, 0.25) is 0 Å². The molecule has 0 unspecified atom stereocenters. The summed E-state index contributed by atoms with van der Waals surface area (Å²) in [6.45, 7) is 0. The van der Waals surface area contributed by atoms with Crippen LogP contribution in [0.4, 0.5) is 13.2 Å². The predicted octanol–water partition coefficient (Wildman–Crippen LogP) is 5.23. The van der Waals surface area contributed by atoms with Crippen molar-refractivity contribution in [3.8, 4) is 16.9 Å². The van der Waals surface area contributed by atoms with E-state index in [4.69, 9.17) is 9.84 Å². The van der Waals surface area contributed by atoms with Crippen molar-refractivity contribution in [3.63, 3.8) is 0 Å². The molecular formula is C19H13F3O3. The van der Waals surface area contributed by atoms with Crippen molar-refractivity contribution in [2.24, 2.45) is 0 Å². The number of hydrogen-bond donors (Lipinski definition) is 1. The summed E-state index contributed by atoms with van der Waals surface area (Å²) in [4.78, 5) is 11.1. The number of carboxylic acids is 1. The molecule has 0 aliphatic rings. The van der Waals surface area contributed by atoms with Gasteiger partial charge in [0.1, 0.15) is 5.75 Å². The Bertz CT molecular complexity index is 945. The molecule has 3 aromatic rings. The molecule has 0 fully saturated rings. The zero-order chi connectivity index (χ0) is 18.2. The predicted molar refractivity (Wildman–Crippen MR) is 87.9 cm³/mol. The lowest BCUT2D eigenvalue weighted by Crippen LogP contribution is -2.04. The maximum Gasteiger partial charge on any atom is 0.416 e. The summed E-state index contributed by atoms with van der Waals surface area (Å²) in [7, 11) is 1.47. The van der Waals surface area contributed by atoms with Crippen molar-refractivity contribution in [3.05, 3.63) is 65.7 Å². The summed E-state index contributed by atoms with van der Waals surface area (Å²) in [5.74, 6) is -0.564. The molecule has 0 aliphatic heterocycles.